The van der Waals surface area contributed by atoms with E-state index in [9.17, 15) is 9.59 Å². The van der Waals surface area contributed by atoms with Crippen molar-refractivity contribution in [2.45, 2.75) is 20.3 Å². The summed E-state index contributed by atoms with van der Waals surface area (Å²) in [6.45, 7) is 5.62. The van der Waals surface area contributed by atoms with Gasteiger partial charge in [0.2, 0.25) is 5.91 Å². The van der Waals surface area contributed by atoms with E-state index in [1.807, 2.05) is 6.92 Å². The minimum atomic E-state index is -0.938. The van der Waals surface area contributed by atoms with E-state index in [1.54, 1.807) is 0 Å². The number of nitrogens with one attached hydrogen (secondary N) is 2. The molecule has 1 amide bonds. The minimum Gasteiger partial charge on any atom is -0.481 e. The molecule has 0 saturated carbocycles. The van der Waals surface area contributed by atoms with Crippen LogP contribution in [0.2, 0.25) is 0 Å². The third-order valence-corrected chi connectivity index (χ3v) is 1.79. The Morgan fingerprint density at radius 3 is 2.50 bits per heavy atom. The van der Waals surface area contributed by atoms with Crippen LogP contribution in [0.1, 0.15) is 20.3 Å². The van der Waals surface area contributed by atoms with Crippen molar-refractivity contribution >= 4 is 11.9 Å². The maximum absolute atomic E-state index is 11.1. The smallest absolute Gasteiger partial charge is 0.306 e. The van der Waals surface area contributed by atoms with Crippen LogP contribution < -0.4 is 10.6 Å². The van der Waals surface area contributed by atoms with Gasteiger partial charge in [0.15, 0.2) is 0 Å². The van der Waals surface area contributed by atoms with Crippen molar-refractivity contribution in [1.82, 2.24) is 10.6 Å². The number of carbonyl (C=O) groups excluding carboxylic acids is 1. The van der Waals surface area contributed by atoms with Crippen molar-refractivity contribution in [2.24, 2.45) is 5.92 Å². The van der Waals surface area contributed by atoms with E-state index in [0.29, 0.717) is 13.1 Å². The molecule has 0 rings (SSSR count). The Kier molecular flexibility index (Phi) is 6.74. The van der Waals surface area contributed by atoms with Crippen molar-refractivity contribution in [3.05, 3.63) is 0 Å². The molecule has 0 aliphatic heterocycles. The van der Waals surface area contributed by atoms with E-state index in [-0.39, 0.29) is 12.3 Å². The fourth-order valence-electron chi connectivity index (χ4n) is 0.905. The molecule has 0 radical (unpaired) electrons. The molecular weight excluding hydrogens is 184 g/mol. The summed E-state index contributed by atoms with van der Waals surface area (Å²) in [5.74, 6) is -1.77. The Balaban J connectivity index is 3.50. The average Bonchev–Trinajstić information content (AvgIpc) is 2.12. The first-order valence-corrected chi connectivity index (χ1v) is 4.78. The van der Waals surface area contributed by atoms with Gasteiger partial charge in [0.1, 0.15) is 0 Å². The van der Waals surface area contributed by atoms with Crippen molar-refractivity contribution in [1.29, 1.82) is 0 Å². The number of carboxylic acid groups (broad SMARTS) is 1. The molecule has 0 bridgehead atoms. The van der Waals surface area contributed by atoms with Crippen molar-refractivity contribution in [3.8, 4) is 0 Å². The lowest BCUT2D eigenvalue weighted by Crippen LogP contribution is -2.33. The predicted octanol–water partition coefficient (Wildman–Crippen LogP) is -0.177. The zero-order valence-electron chi connectivity index (χ0n) is 8.67. The summed E-state index contributed by atoms with van der Waals surface area (Å²) in [6.07, 6.45) is 0.0431. The first kappa shape index (κ1) is 12.9. The molecule has 5 heteroatoms. The molecule has 14 heavy (non-hydrogen) atoms. The van der Waals surface area contributed by atoms with Crippen molar-refractivity contribution in [3.63, 3.8) is 0 Å². The second-order valence-electron chi connectivity index (χ2n) is 3.15. The van der Waals surface area contributed by atoms with Gasteiger partial charge in [-0.3, -0.25) is 9.59 Å². The topological polar surface area (TPSA) is 78.4 Å². The van der Waals surface area contributed by atoms with Crippen LogP contribution in [0, 0.1) is 5.92 Å². The molecule has 0 aromatic carbocycles. The van der Waals surface area contributed by atoms with Gasteiger partial charge in [0, 0.05) is 19.5 Å². The number of hydrogen-bond acceptors (Lipinski definition) is 3. The quantitative estimate of drug-likeness (QED) is 0.500. The molecule has 0 heterocycles. The van der Waals surface area contributed by atoms with Gasteiger partial charge in [-0.25, -0.2) is 0 Å². The Morgan fingerprint density at radius 1 is 1.36 bits per heavy atom. The summed E-state index contributed by atoms with van der Waals surface area (Å²) in [5, 5.41) is 14.2. The average molecular weight is 202 g/mol. The van der Waals surface area contributed by atoms with Crippen molar-refractivity contribution < 1.29 is 14.7 Å². The van der Waals surface area contributed by atoms with Gasteiger partial charge in [0.05, 0.1) is 5.92 Å². The van der Waals surface area contributed by atoms with Crippen LogP contribution in [-0.2, 0) is 9.59 Å². The molecular formula is C9H18N2O3. The summed E-state index contributed by atoms with van der Waals surface area (Å²) in [4.78, 5) is 21.5. The largest absolute Gasteiger partial charge is 0.481 e. The summed E-state index contributed by atoms with van der Waals surface area (Å²) in [7, 11) is 0. The monoisotopic (exact) mass is 202 g/mol. The molecule has 0 aliphatic rings. The van der Waals surface area contributed by atoms with Gasteiger partial charge in [-0.2, -0.15) is 0 Å². The van der Waals surface area contributed by atoms with Gasteiger partial charge >= 0.3 is 5.97 Å². The summed E-state index contributed by atoms with van der Waals surface area (Å²) < 4.78 is 0. The molecule has 5 nitrogen and oxygen atoms in total. The first-order chi connectivity index (χ1) is 6.57. The van der Waals surface area contributed by atoms with E-state index < -0.39 is 11.9 Å². The van der Waals surface area contributed by atoms with E-state index in [4.69, 9.17) is 5.11 Å². The molecule has 1 unspecified atom stereocenters. The van der Waals surface area contributed by atoms with E-state index >= 15 is 0 Å². The first-order valence-electron chi connectivity index (χ1n) is 4.78. The second kappa shape index (κ2) is 7.32. The SMILES string of the molecule is CCNCCNC(=O)CC(C)C(=O)O. The Morgan fingerprint density at radius 2 is 2.00 bits per heavy atom. The van der Waals surface area contributed by atoms with E-state index in [0.717, 1.165) is 6.54 Å². The molecule has 0 saturated heterocycles. The fraction of sp³-hybridized carbons (Fsp3) is 0.778. The number of aliphatic carboxylic acids is 1. The van der Waals surface area contributed by atoms with Gasteiger partial charge in [0.25, 0.3) is 0 Å². The number of carbonyl (C=O) groups is 2. The van der Waals surface area contributed by atoms with Crippen LogP contribution in [0.25, 0.3) is 0 Å². The number of amides is 1. The van der Waals surface area contributed by atoms with Crippen LogP contribution >= 0.6 is 0 Å². The highest BCUT2D eigenvalue weighted by Gasteiger charge is 2.14. The molecule has 0 aliphatic carbocycles. The highest BCUT2D eigenvalue weighted by molar-refractivity contribution is 5.81. The lowest BCUT2D eigenvalue weighted by molar-refractivity contribution is -0.143. The predicted molar refractivity (Wildman–Crippen MR) is 53.0 cm³/mol. The maximum Gasteiger partial charge on any atom is 0.306 e. The number of likely N-dealkylation sites (N-methyl/N-ethyl adjacent to an activating group) is 1. The number of rotatable bonds is 7. The Bertz CT molecular complexity index is 194. The third kappa shape index (κ3) is 6.42. The van der Waals surface area contributed by atoms with Crippen LogP contribution in [0.5, 0.6) is 0 Å². The highest BCUT2D eigenvalue weighted by atomic mass is 16.4. The zero-order valence-corrected chi connectivity index (χ0v) is 8.67. The van der Waals surface area contributed by atoms with E-state index in [2.05, 4.69) is 10.6 Å². The van der Waals surface area contributed by atoms with Crippen molar-refractivity contribution in [2.75, 3.05) is 19.6 Å². The lowest BCUT2D eigenvalue weighted by atomic mass is 10.1. The van der Waals surface area contributed by atoms with Gasteiger partial charge in [-0.15, -0.1) is 0 Å². The molecule has 0 aromatic heterocycles. The summed E-state index contributed by atoms with van der Waals surface area (Å²) in [6, 6.07) is 0. The highest BCUT2D eigenvalue weighted by Crippen LogP contribution is 2.00. The van der Waals surface area contributed by atoms with Crippen LogP contribution in [-0.4, -0.2) is 36.6 Å². The maximum atomic E-state index is 11.1. The Labute approximate surface area is 83.9 Å². The number of carboxylic acids is 1. The molecule has 1 atom stereocenters. The lowest BCUT2D eigenvalue weighted by Gasteiger charge is -2.07. The van der Waals surface area contributed by atoms with Gasteiger partial charge in [-0.1, -0.05) is 13.8 Å². The Hall–Kier alpha value is -1.10. The fourth-order valence-corrected chi connectivity index (χ4v) is 0.905. The van der Waals surface area contributed by atoms with Crippen LogP contribution in [0.15, 0.2) is 0 Å². The summed E-state index contributed by atoms with van der Waals surface area (Å²) >= 11 is 0. The zero-order chi connectivity index (χ0) is 11.0. The van der Waals surface area contributed by atoms with Gasteiger partial charge < -0.3 is 15.7 Å². The molecule has 0 spiro atoms. The standard InChI is InChI=1S/C9H18N2O3/c1-3-10-4-5-11-8(12)6-7(2)9(13)14/h7,10H,3-6H2,1-2H3,(H,11,12)(H,13,14). The normalized spacial score (nSPS) is 12.1. The molecule has 82 valence electrons. The van der Waals surface area contributed by atoms with E-state index in [1.165, 1.54) is 6.92 Å². The van der Waals surface area contributed by atoms with Crippen LogP contribution in [0.3, 0.4) is 0 Å². The summed E-state index contributed by atoms with van der Waals surface area (Å²) in [5.41, 5.74) is 0. The molecule has 0 fully saturated rings. The molecule has 3 N–H and O–H groups in total. The second-order valence-corrected chi connectivity index (χ2v) is 3.15. The minimum absolute atomic E-state index is 0.0431. The van der Waals surface area contributed by atoms with Crippen LogP contribution in [0.4, 0.5) is 0 Å². The van der Waals surface area contributed by atoms with Gasteiger partial charge in [-0.05, 0) is 6.54 Å². The number of hydrogen-bond donors (Lipinski definition) is 3. The molecule has 0 aromatic rings. The third-order valence-electron chi connectivity index (χ3n) is 1.79.